The first kappa shape index (κ1) is 10.5. The van der Waals surface area contributed by atoms with Gasteiger partial charge in [0.25, 0.3) is 0 Å². The zero-order chi connectivity index (χ0) is 12.2. The third kappa shape index (κ3) is 2.22. The van der Waals surface area contributed by atoms with Crippen molar-refractivity contribution in [2.45, 2.75) is 0 Å². The highest BCUT2D eigenvalue weighted by molar-refractivity contribution is 5.61. The summed E-state index contributed by atoms with van der Waals surface area (Å²) < 4.78 is 0. The van der Waals surface area contributed by atoms with Crippen molar-refractivity contribution < 1.29 is 0 Å². The molecule has 4 nitrogen and oxygen atoms in total. The molecule has 0 fully saturated rings. The number of para-hydroxylation sites is 1. The fourth-order valence-electron chi connectivity index (χ4n) is 1.71. The Morgan fingerprint density at radius 3 is 2.67 bits per heavy atom. The van der Waals surface area contributed by atoms with E-state index < -0.39 is 0 Å². The number of anilines is 2. The van der Waals surface area contributed by atoms with Crippen LogP contribution in [0.15, 0.2) is 61.1 Å². The molecular formula is C14H12N4. The summed E-state index contributed by atoms with van der Waals surface area (Å²) in [5.74, 6) is 0.597. The largest absolute Gasteiger partial charge is 0.367 e. The molecule has 18 heavy (non-hydrogen) atoms. The summed E-state index contributed by atoms with van der Waals surface area (Å²) >= 11 is 0. The molecule has 0 atom stereocenters. The second-order valence-electron chi connectivity index (χ2n) is 3.86. The van der Waals surface area contributed by atoms with Gasteiger partial charge < -0.3 is 10.3 Å². The Labute approximate surface area is 105 Å². The molecule has 4 heteroatoms. The first-order chi connectivity index (χ1) is 8.92. The Balaban J connectivity index is 1.88. The molecule has 0 aliphatic rings. The maximum Gasteiger partial charge on any atom is 0.227 e. The number of nitrogens with zero attached hydrogens (tertiary/aromatic N) is 2. The average Bonchev–Trinajstić information content (AvgIpc) is 2.94. The highest BCUT2D eigenvalue weighted by Gasteiger charge is 2.02. The summed E-state index contributed by atoms with van der Waals surface area (Å²) in [6, 6.07) is 13.7. The van der Waals surface area contributed by atoms with Crippen molar-refractivity contribution in [2.75, 3.05) is 5.32 Å². The van der Waals surface area contributed by atoms with Gasteiger partial charge in [0.1, 0.15) is 0 Å². The standard InChI is InChI=1S/C14H12N4/c1-2-4-12(5-3-1)17-14-16-9-7-13(18-14)11-6-8-15-10-11/h1-10,15H,(H,16,17,18). The molecule has 0 aliphatic heterocycles. The summed E-state index contributed by atoms with van der Waals surface area (Å²) in [6.07, 6.45) is 5.54. The van der Waals surface area contributed by atoms with E-state index >= 15 is 0 Å². The summed E-state index contributed by atoms with van der Waals surface area (Å²) in [4.78, 5) is 11.7. The van der Waals surface area contributed by atoms with Crippen molar-refractivity contribution in [1.29, 1.82) is 0 Å². The minimum Gasteiger partial charge on any atom is -0.367 e. The molecule has 88 valence electrons. The number of nitrogens with one attached hydrogen (secondary N) is 2. The van der Waals surface area contributed by atoms with Gasteiger partial charge >= 0.3 is 0 Å². The molecule has 0 aliphatic carbocycles. The van der Waals surface area contributed by atoms with Gasteiger partial charge in [0, 0.05) is 29.8 Å². The second kappa shape index (κ2) is 4.71. The first-order valence-electron chi connectivity index (χ1n) is 5.70. The van der Waals surface area contributed by atoms with Gasteiger partial charge in [-0.05, 0) is 24.3 Å². The van der Waals surface area contributed by atoms with Crippen molar-refractivity contribution in [3.63, 3.8) is 0 Å². The van der Waals surface area contributed by atoms with Crippen molar-refractivity contribution in [3.05, 3.63) is 61.1 Å². The van der Waals surface area contributed by atoms with E-state index in [9.17, 15) is 0 Å². The molecule has 0 bridgehead atoms. The van der Waals surface area contributed by atoms with Crippen molar-refractivity contribution in [3.8, 4) is 11.3 Å². The fourth-order valence-corrected chi connectivity index (χ4v) is 1.71. The molecule has 2 heterocycles. The number of aromatic nitrogens is 3. The Bertz CT molecular complexity index is 617. The van der Waals surface area contributed by atoms with Crippen molar-refractivity contribution in [1.82, 2.24) is 15.0 Å². The molecule has 0 spiro atoms. The Hall–Kier alpha value is -2.62. The number of benzene rings is 1. The predicted molar refractivity (Wildman–Crippen MR) is 71.5 cm³/mol. The lowest BCUT2D eigenvalue weighted by Gasteiger charge is -2.05. The number of rotatable bonds is 3. The van der Waals surface area contributed by atoms with Crippen LogP contribution in [0.25, 0.3) is 11.3 Å². The zero-order valence-corrected chi connectivity index (χ0v) is 9.67. The van der Waals surface area contributed by atoms with Crippen LogP contribution in [0.1, 0.15) is 0 Å². The van der Waals surface area contributed by atoms with Crippen LogP contribution >= 0.6 is 0 Å². The molecule has 0 amide bonds. The van der Waals surface area contributed by atoms with Crippen molar-refractivity contribution in [2.24, 2.45) is 0 Å². The quantitative estimate of drug-likeness (QED) is 0.734. The van der Waals surface area contributed by atoms with Crippen LogP contribution in [0.3, 0.4) is 0 Å². The van der Waals surface area contributed by atoms with Crippen LogP contribution in [-0.2, 0) is 0 Å². The molecular weight excluding hydrogens is 224 g/mol. The molecule has 2 aromatic heterocycles. The van der Waals surface area contributed by atoms with Gasteiger partial charge in [-0.3, -0.25) is 0 Å². The summed E-state index contributed by atoms with van der Waals surface area (Å²) in [7, 11) is 0. The highest BCUT2D eigenvalue weighted by Crippen LogP contribution is 2.18. The molecule has 2 N–H and O–H groups in total. The molecule has 3 rings (SSSR count). The minimum atomic E-state index is 0.597. The van der Waals surface area contributed by atoms with Crippen LogP contribution in [0.2, 0.25) is 0 Å². The van der Waals surface area contributed by atoms with Gasteiger partial charge in [0.15, 0.2) is 0 Å². The number of aromatic amines is 1. The topological polar surface area (TPSA) is 53.6 Å². The van der Waals surface area contributed by atoms with Gasteiger partial charge in [-0.1, -0.05) is 18.2 Å². The molecule has 3 aromatic rings. The van der Waals surface area contributed by atoms with Gasteiger partial charge in [0.2, 0.25) is 5.95 Å². The first-order valence-corrected chi connectivity index (χ1v) is 5.70. The molecule has 0 radical (unpaired) electrons. The van der Waals surface area contributed by atoms with E-state index in [1.54, 1.807) is 6.20 Å². The molecule has 1 aromatic carbocycles. The van der Waals surface area contributed by atoms with Crippen molar-refractivity contribution >= 4 is 11.6 Å². The summed E-state index contributed by atoms with van der Waals surface area (Å²) in [5.41, 5.74) is 2.92. The lowest BCUT2D eigenvalue weighted by atomic mass is 10.2. The zero-order valence-electron chi connectivity index (χ0n) is 9.67. The lowest BCUT2D eigenvalue weighted by Crippen LogP contribution is -1.97. The maximum absolute atomic E-state index is 4.47. The average molecular weight is 236 g/mol. The Morgan fingerprint density at radius 2 is 1.89 bits per heavy atom. The van der Waals surface area contributed by atoms with Gasteiger partial charge in [-0.15, -0.1) is 0 Å². The second-order valence-corrected chi connectivity index (χ2v) is 3.86. The highest BCUT2D eigenvalue weighted by atomic mass is 15.1. The van der Waals surface area contributed by atoms with E-state index in [1.165, 1.54) is 0 Å². The van der Waals surface area contributed by atoms with E-state index in [-0.39, 0.29) is 0 Å². The molecule has 0 unspecified atom stereocenters. The van der Waals surface area contributed by atoms with E-state index in [1.807, 2.05) is 54.9 Å². The van der Waals surface area contributed by atoms with Crippen LogP contribution < -0.4 is 5.32 Å². The smallest absolute Gasteiger partial charge is 0.227 e. The van der Waals surface area contributed by atoms with E-state index in [0.717, 1.165) is 16.9 Å². The number of hydrogen-bond donors (Lipinski definition) is 2. The summed E-state index contributed by atoms with van der Waals surface area (Å²) in [5, 5.41) is 3.17. The summed E-state index contributed by atoms with van der Waals surface area (Å²) in [6.45, 7) is 0. The van der Waals surface area contributed by atoms with Crippen LogP contribution in [-0.4, -0.2) is 15.0 Å². The fraction of sp³-hybridized carbons (Fsp3) is 0. The van der Waals surface area contributed by atoms with Crippen LogP contribution in [0.4, 0.5) is 11.6 Å². The normalized spacial score (nSPS) is 10.2. The monoisotopic (exact) mass is 236 g/mol. The number of hydrogen-bond acceptors (Lipinski definition) is 3. The van der Waals surface area contributed by atoms with Crippen LogP contribution in [0.5, 0.6) is 0 Å². The molecule has 0 saturated heterocycles. The molecule has 0 saturated carbocycles. The SMILES string of the molecule is c1ccc(Nc2nccc(-c3cc[nH]c3)n2)cc1. The van der Waals surface area contributed by atoms with E-state index in [2.05, 4.69) is 20.3 Å². The lowest BCUT2D eigenvalue weighted by molar-refractivity contribution is 1.17. The van der Waals surface area contributed by atoms with Gasteiger partial charge in [-0.2, -0.15) is 0 Å². The van der Waals surface area contributed by atoms with Crippen LogP contribution in [0, 0.1) is 0 Å². The van der Waals surface area contributed by atoms with E-state index in [4.69, 9.17) is 0 Å². The Morgan fingerprint density at radius 1 is 1.00 bits per heavy atom. The number of H-pyrrole nitrogens is 1. The van der Waals surface area contributed by atoms with Gasteiger partial charge in [-0.25, -0.2) is 9.97 Å². The van der Waals surface area contributed by atoms with Gasteiger partial charge in [0.05, 0.1) is 5.69 Å². The Kier molecular flexibility index (Phi) is 2.75. The third-order valence-electron chi connectivity index (χ3n) is 2.58. The van der Waals surface area contributed by atoms with E-state index in [0.29, 0.717) is 5.95 Å². The third-order valence-corrected chi connectivity index (χ3v) is 2.58. The maximum atomic E-state index is 4.47. The minimum absolute atomic E-state index is 0.597. The predicted octanol–water partition coefficient (Wildman–Crippen LogP) is 3.22.